The number of aromatic nitrogens is 1. The number of rotatable bonds is 3. The summed E-state index contributed by atoms with van der Waals surface area (Å²) in [6.07, 6.45) is 1.84. The van der Waals surface area contributed by atoms with Gasteiger partial charge in [0.25, 0.3) is 0 Å². The molecule has 6 heteroatoms. The Hall–Kier alpha value is -0.710. The van der Waals surface area contributed by atoms with Gasteiger partial charge in [0.1, 0.15) is 11.6 Å². The minimum absolute atomic E-state index is 0.177. The molecule has 1 saturated carbocycles. The van der Waals surface area contributed by atoms with Gasteiger partial charge in [-0.15, -0.1) is 0 Å². The van der Waals surface area contributed by atoms with Crippen LogP contribution in [-0.4, -0.2) is 35.8 Å². The number of hydrogen-bond acceptors (Lipinski definition) is 4. The lowest BCUT2D eigenvalue weighted by Gasteiger charge is -2.21. The van der Waals surface area contributed by atoms with Crippen molar-refractivity contribution in [2.24, 2.45) is 11.8 Å². The van der Waals surface area contributed by atoms with Crippen LogP contribution >= 0.6 is 23.2 Å². The predicted octanol–water partition coefficient (Wildman–Crippen LogP) is 3.03. The van der Waals surface area contributed by atoms with Gasteiger partial charge in [-0.25, -0.2) is 4.98 Å². The largest absolute Gasteiger partial charge is 0.393 e. The van der Waals surface area contributed by atoms with Gasteiger partial charge >= 0.3 is 0 Å². The smallest absolute Gasteiger partial charge is 0.149 e. The topological polar surface area (TPSA) is 48.4 Å². The summed E-state index contributed by atoms with van der Waals surface area (Å²) in [6, 6.07) is 1.74. The number of halogens is 2. The van der Waals surface area contributed by atoms with Crippen LogP contribution in [0.15, 0.2) is 6.07 Å². The summed E-state index contributed by atoms with van der Waals surface area (Å²) in [7, 11) is 0. The van der Waals surface area contributed by atoms with Gasteiger partial charge in [0.05, 0.1) is 16.1 Å². The zero-order valence-corrected chi connectivity index (χ0v) is 13.0. The molecule has 1 saturated heterocycles. The van der Waals surface area contributed by atoms with E-state index in [0.29, 0.717) is 27.7 Å². The summed E-state index contributed by atoms with van der Waals surface area (Å²) in [5, 5.41) is 14.3. The van der Waals surface area contributed by atoms with E-state index < -0.39 is 0 Å². The first-order chi connectivity index (χ1) is 9.60. The Kier molecular flexibility index (Phi) is 3.98. The van der Waals surface area contributed by atoms with E-state index in [9.17, 15) is 5.11 Å². The first-order valence-electron chi connectivity index (χ1n) is 7.13. The van der Waals surface area contributed by atoms with Gasteiger partial charge in [-0.1, -0.05) is 23.2 Å². The Balaban J connectivity index is 1.85. The Bertz CT molecular complexity index is 511. The van der Waals surface area contributed by atoms with Crippen molar-refractivity contribution in [3.8, 4) is 0 Å². The maximum Gasteiger partial charge on any atom is 0.149 e. The molecule has 2 aliphatic rings. The van der Waals surface area contributed by atoms with E-state index in [4.69, 9.17) is 23.2 Å². The van der Waals surface area contributed by atoms with Gasteiger partial charge in [-0.05, 0) is 31.7 Å². The van der Waals surface area contributed by atoms with Crippen LogP contribution in [-0.2, 0) is 0 Å². The third-order valence-corrected chi connectivity index (χ3v) is 4.94. The molecule has 0 amide bonds. The molecule has 0 radical (unpaired) electrons. The maximum absolute atomic E-state index is 10.0. The lowest BCUT2D eigenvalue weighted by Crippen LogP contribution is -2.25. The number of fused-ring (bicyclic) bond motifs is 1. The van der Waals surface area contributed by atoms with E-state index in [1.165, 1.54) is 0 Å². The standard InChI is InChI=1S/C14H19Cl2N3O/c1-2-17-13-10(15)5-11(16)14(18-13)19-6-8-3-4-12(20)9(8)7-19/h5,8-9,12,20H,2-4,6-7H2,1H3,(H,17,18). The van der Waals surface area contributed by atoms with Crippen LogP contribution < -0.4 is 10.2 Å². The minimum Gasteiger partial charge on any atom is -0.393 e. The second-order valence-corrected chi connectivity index (χ2v) is 6.44. The van der Waals surface area contributed by atoms with Gasteiger partial charge < -0.3 is 15.3 Å². The number of aliphatic hydroxyl groups excluding tert-OH is 1. The Morgan fingerprint density at radius 2 is 2.15 bits per heavy atom. The lowest BCUT2D eigenvalue weighted by atomic mass is 10.00. The highest BCUT2D eigenvalue weighted by molar-refractivity contribution is 6.37. The summed E-state index contributed by atoms with van der Waals surface area (Å²) < 4.78 is 0. The molecule has 0 bridgehead atoms. The number of anilines is 2. The Morgan fingerprint density at radius 3 is 2.85 bits per heavy atom. The number of nitrogens with one attached hydrogen (secondary N) is 1. The first kappa shape index (κ1) is 14.2. The van der Waals surface area contributed by atoms with E-state index in [-0.39, 0.29) is 6.10 Å². The van der Waals surface area contributed by atoms with E-state index in [1.54, 1.807) is 6.07 Å². The molecular formula is C14H19Cl2N3O. The quantitative estimate of drug-likeness (QED) is 0.900. The molecule has 20 heavy (non-hydrogen) atoms. The van der Waals surface area contributed by atoms with E-state index in [0.717, 1.165) is 38.3 Å². The van der Waals surface area contributed by atoms with E-state index >= 15 is 0 Å². The van der Waals surface area contributed by atoms with Crippen molar-refractivity contribution >= 4 is 34.8 Å². The maximum atomic E-state index is 10.0. The number of pyridine rings is 1. The zero-order chi connectivity index (χ0) is 14.3. The number of aliphatic hydroxyl groups is 1. The molecule has 3 unspecified atom stereocenters. The van der Waals surface area contributed by atoms with Crippen molar-refractivity contribution < 1.29 is 5.11 Å². The second-order valence-electron chi connectivity index (χ2n) is 5.63. The molecule has 2 N–H and O–H groups in total. The van der Waals surface area contributed by atoms with Crippen LogP contribution in [0.5, 0.6) is 0 Å². The fourth-order valence-electron chi connectivity index (χ4n) is 3.38. The average molecular weight is 316 g/mol. The molecule has 0 spiro atoms. The summed E-state index contributed by atoms with van der Waals surface area (Å²) >= 11 is 12.4. The molecule has 0 aromatic carbocycles. The molecule has 3 rings (SSSR count). The predicted molar refractivity (Wildman–Crippen MR) is 82.9 cm³/mol. The molecule has 1 aromatic rings. The minimum atomic E-state index is -0.177. The van der Waals surface area contributed by atoms with Crippen LogP contribution in [0.4, 0.5) is 11.6 Å². The van der Waals surface area contributed by atoms with Crippen LogP contribution in [0, 0.1) is 11.8 Å². The highest BCUT2D eigenvalue weighted by atomic mass is 35.5. The van der Waals surface area contributed by atoms with Gasteiger partial charge in [-0.2, -0.15) is 0 Å². The SMILES string of the molecule is CCNc1nc(N2CC3CCC(O)C3C2)c(Cl)cc1Cl. The number of nitrogens with zero attached hydrogens (tertiary/aromatic N) is 2. The van der Waals surface area contributed by atoms with Crippen molar-refractivity contribution in [2.45, 2.75) is 25.9 Å². The fourth-order valence-corrected chi connectivity index (χ4v) is 3.92. The van der Waals surface area contributed by atoms with Crippen molar-refractivity contribution in [3.63, 3.8) is 0 Å². The second kappa shape index (κ2) is 5.58. The van der Waals surface area contributed by atoms with Crippen molar-refractivity contribution in [1.82, 2.24) is 4.98 Å². The summed E-state index contributed by atoms with van der Waals surface area (Å²) in [6.45, 7) is 4.51. The highest BCUT2D eigenvalue weighted by Crippen LogP contribution is 2.41. The third-order valence-electron chi connectivity index (χ3n) is 4.37. The molecule has 1 aromatic heterocycles. The molecule has 3 atom stereocenters. The van der Waals surface area contributed by atoms with Crippen LogP contribution in [0.25, 0.3) is 0 Å². The number of hydrogen-bond donors (Lipinski definition) is 2. The summed E-state index contributed by atoms with van der Waals surface area (Å²) in [4.78, 5) is 6.74. The van der Waals surface area contributed by atoms with Crippen LogP contribution in [0.2, 0.25) is 10.0 Å². The lowest BCUT2D eigenvalue weighted by molar-refractivity contribution is 0.133. The molecule has 110 valence electrons. The van der Waals surface area contributed by atoms with Crippen LogP contribution in [0.1, 0.15) is 19.8 Å². The molecular weight excluding hydrogens is 297 g/mol. The Morgan fingerprint density at radius 1 is 1.35 bits per heavy atom. The molecule has 1 aliphatic carbocycles. The van der Waals surface area contributed by atoms with Gasteiger partial charge in [-0.3, -0.25) is 0 Å². The van der Waals surface area contributed by atoms with Crippen molar-refractivity contribution in [3.05, 3.63) is 16.1 Å². The van der Waals surface area contributed by atoms with Gasteiger partial charge in [0.15, 0.2) is 0 Å². The van der Waals surface area contributed by atoms with Crippen molar-refractivity contribution in [1.29, 1.82) is 0 Å². The van der Waals surface area contributed by atoms with Crippen molar-refractivity contribution in [2.75, 3.05) is 29.9 Å². The fraction of sp³-hybridized carbons (Fsp3) is 0.643. The summed E-state index contributed by atoms with van der Waals surface area (Å²) in [5.74, 6) is 2.35. The summed E-state index contributed by atoms with van der Waals surface area (Å²) in [5.41, 5.74) is 0. The van der Waals surface area contributed by atoms with E-state index in [1.807, 2.05) is 6.92 Å². The third kappa shape index (κ3) is 2.45. The average Bonchev–Trinajstić information content (AvgIpc) is 2.96. The molecule has 2 fully saturated rings. The normalized spacial score (nSPS) is 28.8. The monoisotopic (exact) mass is 315 g/mol. The van der Waals surface area contributed by atoms with Crippen LogP contribution in [0.3, 0.4) is 0 Å². The Labute approximate surface area is 129 Å². The van der Waals surface area contributed by atoms with Gasteiger partial charge in [0, 0.05) is 25.6 Å². The first-order valence-corrected chi connectivity index (χ1v) is 7.88. The molecule has 4 nitrogen and oxygen atoms in total. The zero-order valence-electron chi connectivity index (χ0n) is 11.4. The highest BCUT2D eigenvalue weighted by Gasteiger charge is 2.42. The van der Waals surface area contributed by atoms with E-state index in [2.05, 4.69) is 15.2 Å². The molecule has 1 aliphatic heterocycles. The molecule has 2 heterocycles. The van der Waals surface area contributed by atoms with Gasteiger partial charge in [0.2, 0.25) is 0 Å².